The third-order valence-electron chi connectivity index (χ3n) is 5.01. The van der Waals surface area contributed by atoms with Gasteiger partial charge in [-0.25, -0.2) is 4.98 Å². The molecule has 1 aliphatic heterocycles. The summed E-state index contributed by atoms with van der Waals surface area (Å²) in [6.07, 6.45) is -1.30. The minimum absolute atomic E-state index is 0.227. The summed E-state index contributed by atoms with van der Waals surface area (Å²) in [5, 5.41) is 3.27. The van der Waals surface area contributed by atoms with Gasteiger partial charge in [-0.2, -0.15) is 13.2 Å². The summed E-state index contributed by atoms with van der Waals surface area (Å²) in [5.74, 6) is 0.387. The standard InChI is InChI=1S/C22H19F3N4O/c23-22(24,25)17-6-1-4-15(12-17)19-14-29(11-10-27-19)20-8-2-7-18(28-20)21(30)16-5-3-9-26-13-16/h1-9,12-13,19,27H,10-11,14H2. The molecule has 1 atom stereocenters. The van der Waals surface area contributed by atoms with Crippen molar-refractivity contribution in [2.75, 3.05) is 24.5 Å². The second-order valence-corrected chi connectivity index (χ2v) is 7.03. The van der Waals surface area contributed by atoms with Crippen LogP contribution in [0.1, 0.15) is 33.2 Å². The topological polar surface area (TPSA) is 58.1 Å². The van der Waals surface area contributed by atoms with Crippen molar-refractivity contribution in [3.63, 3.8) is 0 Å². The van der Waals surface area contributed by atoms with Crippen LogP contribution in [0.3, 0.4) is 0 Å². The van der Waals surface area contributed by atoms with E-state index in [1.807, 2.05) is 4.90 Å². The normalized spacial score (nSPS) is 17.0. The predicted molar refractivity (Wildman–Crippen MR) is 106 cm³/mol. The van der Waals surface area contributed by atoms with Crippen LogP contribution in [-0.2, 0) is 6.18 Å². The lowest BCUT2D eigenvalue weighted by Crippen LogP contribution is -2.46. The van der Waals surface area contributed by atoms with Gasteiger partial charge >= 0.3 is 6.18 Å². The van der Waals surface area contributed by atoms with Gasteiger partial charge in [0.2, 0.25) is 5.78 Å². The van der Waals surface area contributed by atoms with Crippen molar-refractivity contribution >= 4 is 11.6 Å². The zero-order chi connectivity index (χ0) is 21.1. The number of nitrogens with zero attached hydrogens (tertiary/aromatic N) is 3. The summed E-state index contributed by atoms with van der Waals surface area (Å²) in [5.41, 5.74) is 0.650. The van der Waals surface area contributed by atoms with Crippen molar-refractivity contribution in [1.29, 1.82) is 0 Å². The number of hydrogen-bond donors (Lipinski definition) is 1. The van der Waals surface area contributed by atoms with Crippen LogP contribution < -0.4 is 10.2 Å². The molecule has 1 N–H and O–H groups in total. The first-order valence-electron chi connectivity index (χ1n) is 9.49. The van der Waals surface area contributed by atoms with Gasteiger partial charge in [0.1, 0.15) is 11.5 Å². The fourth-order valence-electron chi connectivity index (χ4n) is 3.48. The van der Waals surface area contributed by atoms with Gasteiger partial charge in [0.25, 0.3) is 0 Å². The first-order chi connectivity index (χ1) is 14.4. The molecule has 5 nitrogen and oxygen atoms in total. The van der Waals surface area contributed by atoms with Gasteiger partial charge in [0, 0.05) is 43.6 Å². The molecule has 8 heteroatoms. The van der Waals surface area contributed by atoms with E-state index in [0.717, 1.165) is 6.07 Å². The lowest BCUT2D eigenvalue weighted by Gasteiger charge is -2.35. The molecular formula is C22H19F3N4O. The molecule has 1 aliphatic rings. The highest BCUT2D eigenvalue weighted by molar-refractivity contribution is 6.07. The number of carbonyl (C=O) groups excluding carboxylic acids is 1. The number of ketones is 1. The molecule has 3 heterocycles. The maximum Gasteiger partial charge on any atom is 0.416 e. The average molecular weight is 412 g/mol. The van der Waals surface area contributed by atoms with Crippen LogP contribution in [-0.4, -0.2) is 35.4 Å². The Labute approximate surface area is 171 Å². The number of pyridine rings is 2. The smallest absolute Gasteiger partial charge is 0.353 e. The first-order valence-corrected chi connectivity index (χ1v) is 9.49. The number of anilines is 1. The third-order valence-corrected chi connectivity index (χ3v) is 5.01. The summed E-state index contributed by atoms with van der Waals surface area (Å²) in [7, 11) is 0. The fourth-order valence-corrected chi connectivity index (χ4v) is 3.48. The minimum atomic E-state index is -4.38. The van der Waals surface area contributed by atoms with E-state index in [4.69, 9.17) is 0 Å². The Morgan fingerprint density at radius 1 is 1.10 bits per heavy atom. The van der Waals surface area contributed by atoms with E-state index in [1.165, 1.54) is 18.3 Å². The van der Waals surface area contributed by atoms with Crippen LogP contribution in [0.4, 0.5) is 19.0 Å². The Morgan fingerprint density at radius 3 is 2.70 bits per heavy atom. The Kier molecular flexibility index (Phi) is 5.50. The van der Waals surface area contributed by atoms with Gasteiger partial charge in [-0.3, -0.25) is 9.78 Å². The van der Waals surface area contributed by atoms with E-state index in [9.17, 15) is 18.0 Å². The molecule has 0 aliphatic carbocycles. The first kappa shape index (κ1) is 20.0. The van der Waals surface area contributed by atoms with E-state index < -0.39 is 11.7 Å². The summed E-state index contributed by atoms with van der Waals surface area (Å²) in [6, 6.07) is 13.6. The van der Waals surface area contributed by atoms with Crippen LogP contribution in [0.15, 0.2) is 67.0 Å². The Hall–Kier alpha value is -3.26. The monoisotopic (exact) mass is 412 g/mol. The second kappa shape index (κ2) is 8.23. The number of rotatable bonds is 4. The zero-order valence-electron chi connectivity index (χ0n) is 15.9. The summed E-state index contributed by atoms with van der Waals surface area (Å²) in [4.78, 5) is 23.1. The Bertz CT molecular complexity index is 1040. The quantitative estimate of drug-likeness (QED) is 0.659. The molecule has 3 aromatic rings. The molecule has 0 saturated carbocycles. The summed E-state index contributed by atoms with van der Waals surface area (Å²) >= 11 is 0. The van der Waals surface area contributed by atoms with Crippen molar-refractivity contribution in [1.82, 2.24) is 15.3 Å². The molecule has 154 valence electrons. The molecule has 0 radical (unpaired) electrons. The number of halogens is 3. The highest BCUT2D eigenvalue weighted by Gasteiger charge is 2.31. The lowest BCUT2D eigenvalue weighted by molar-refractivity contribution is -0.137. The summed E-state index contributed by atoms with van der Waals surface area (Å²) in [6.45, 7) is 1.66. The Morgan fingerprint density at radius 2 is 1.93 bits per heavy atom. The van der Waals surface area contributed by atoms with Crippen LogP contribution in [0.2, 0.25) is 0 Å². The number of hydrogen-bond acceptors (Lipinski definition) is 5. The second-order valence-electron chi connectivity index (χ2n) is 7.03. The molecular weight excluding hydrogens is 393 g/mol. The highest BCUT2D eigenvalue weighted by atomic mass is 19.4. The molecule has 0 amide bonds. The molecule has 30 heavy (non-hydrogen) atoms. The number of carbonyl (C=O) groups is 1. The molecule has 0 bridgehead atoms. The molecule has 2 aromatic heterocycles. The Balaban J connectivity index is 1.55. The van der Waals surface area contributed by atoms with Crippen LogP contribution in [0.5, 0.6) is 0 Å². The number of piperazine rings is 1. The maximum atomic E-state index is 13.1. The van der Waals surface area contributed by atoms with Gasteiger partial charge in [0.15, 0.2) is 0 Å². The SMILES string of the molecule is O=C(c1cccnc1)c1cccc(N2CCNC(c3cccc(C(F)(F)F)c3)C2)n1. The van der Waals surface area contributed by atoms with Crippen molar-refractivity contribution in [2.45, 2.75) is 12.2 Å². The molecule has 1 saturated heterocycles. The van der Waals surface area contributed by atoms with Crippen molar-refractivity contribution < 1.29 is 18.0 Å². The largest absolute Gasteiger partial charge is 0.416 e. The number of alkyl halides is 3. The number of nitrogens with one attached hydrogen (secondary N) is 1. The molecule has 1 aromatic carbocycles. The molecule has 1 fully saturated rings. The van der Waals surface area contributed by atoms with E-state index >= 15 is 0 Å². The average Bonchev–Trinajstić information content (AvgIpc) is 2.79. The molecule has 4 rings (SSSR count). The number of benzene rings is 1. The van der Waals surface area contributed by atoms with Gasteiger partial charge in [0.05, 0.1) is 5.56 Å². The van der Waals surface area contributed by atoms with Gasteiger partial charge < -0.3 is 10.2 Å². The van der Waals surface area contributed by atoms with Crippen molar-refractivity contribution in [2.24, 2.45) is 0 Å². The van der Waals surface area contributed by atoms with Gasteiger partial charge in [-0.05, 0) is 42.0 Å². The van der Waals surface area contributed by atoms with Crippen molar-refractivity contribution in [3.8, 4) is 0 Å². The predicted octanol–water partition coefficient (Wildman–Crippen LogP) is 3.88. The third kappa shape index (κ3) is 4.33. The van der Waals surface area contributed by atoms with E-state index in [0.29, 0.717) is 42.3 Å². The highest BCUT2D eigenvalue weighted by Crippen LogP contribution is 2.31. The summed E-state index contributed by atoms with van der Waals surface area (Å²) < 4.78 is 39.2. The number of aromatic nitrogens is 2. The maximum absolute atomic E-state index is 13.1. The lowest BCUT2D eigenvalue weighted by atomic mass is 10.0. The van der Waals surface area contributed by atoms with E-state index in [1.54, 1.807) is 42.6 Å². The van der Waals surface area contributed by atoms with E-state index in [2.05, 4.69) is 15.3 Å². The zero-order valence-corrected chi connectivity index (χ0v) is 15.9. The minimum Gasteiger partial charge on any atom is -0.353 e. The molecule has 1 unspecified atom stereocenters. The fraction of sp³-hybridized carbons (Fsp3) is 0.227. The molecule has 0 spiro atoms. The van der Waals surface area contributed by atoms with Gasteiger partial charge in [-0.15, -0.1) is 0 Å². The van der Waals surface area contributed by atoms with Crippen LogP contribution in [0, 0.1) is 0 Å². The van der Waals surface area contributed by atoms with Crippen LogP contribution >= 0.6 is 0 Å². The van der Waals surface area contributed by atoms with Gasteiger partial charge in [-0.1, -0.05) is 18.2 Å². The van der Waals surface area contributed by atoms with Crippen molar-refractivity contribution in [3.05, 3.63) is 89.4 Å². The van der Waals surface area contributed by atoms with Crippen LogP contribution in [0.25, 0.3) is 0 Å². The van der Waals surface area contributed by atoms with E-state index in [-0.39, 0.29) is 11.8 Å².